The van der Waals surface area contributed by atoms with Crippen molar-refractivity contribution in [3.05, 3.63) is 0 Å². The van der Waals surface area contributed by atoms with Gasteiger partial charge in [-0.1, -0.05) is 13.8 Å². The molecule has 0 rings (SSSR count). The van der Waals surface area contributed by atoms with E-state index in [2.05, 4.69) is 15.4 Å². The van der Waals surface area contributed by atoms with Crippen LogP contribution in [0.25, 0.3) is 0 Å². The Morgan fingerprint density at radius 3 is 2.29 bits per heavy atom. The zero-order valence-corrected chi connectivity index (χ0v) is 10.8. The zero-order valence-electron chi connectivity index (χ0n) is 10.8. The number of aliphatic hydroxyl groups excluding tert-OH is 1. The molecule has 0 spiro atoms. The van der Waals surface area contributed by atoms with Crippen molar-refractivity contribution in [3.63, 3.8) is 0 Å². The molecule has 0 saturated carbocycles. The molecule has 0 aromatic rings. The minimum Gasteiger partial charge on any atom is -0.467 e. The van der Waals surface area contributed by atoms with Crippen LogP contribution in [0.15, 0.2) is 0 Å². The van der Waals surface area contributed by atoms with Gasteiger partial charge in [0.15, 0.2) is 0 Å². The fourth-order valence-electron chi connectivity index (χ4n) is 1.19. The standard InChI is InChI=1S/C11H22N2O4/c1-7(2)10(15)6-12-5-9(11(16)17-4)13-8(3)14/h7,9-10,12,15H,5-6H2,1-4H3,(H,13,14). The van der Waals surface area contributed by atoms with Gasteiger partial charge in [-0.15, -0.1) is 0 Å². The van der Waals surface area contributed by atoms with Crippen molar-refractivity contribution in [2.45, 2.75) is 32.9 Å². The molecule has 3 N–H and O–H groups in total. The van der Waals surface area contributed by atoms with Crippen molar-refractivity contribution >= 4 is 11.9 Å². The SMILES string of the molecule is COC(=O)C(CNCC(O)C(C)C)NC(C)=O. The minimum absolute atomic E-state index is 0.139. The number of hydrogen-bond donors (Lipinski definition) is 3. The fourth-order valence-corrected chi connectivity index (χ4v) is 1.19. The normalized spacial score (nSPS) is 14.2. The van der Waals surface area contributed by atoms with E-state index < -0.39 is 18.1 Å². The second-order valence-corrected chi connectivity index (χ2v) is 4.25. The largest absolute Gasteiger partial charge is 0.467 e. The van der Waals surface area contributed by atoms with Crippen LogP contribution in [-0.4, -0.2) is 49.3 Å². The summed E-state index contributed by atoms with van der Waals surface area (Å²) in [6.45, 7) is 5.73. The zero-order chi connectivity index (χ0) is 13.4. The number of hydrogen-bond acceptors (Lipinski definition) is 5. The van der Waals surface area contributed by atoms with Crippen LogP contribution in [0.2, 0.25) is 0 Å². The van der Waals surface area contributed by atoms with E-state index in [-0.39, 0.29) is 18.4 Å². The molecule has 0 bridgehead atoms. The van der Waals surface area contributed by atoms with Crippen LogP contribution < -0.4 is 10.6 Å². The van der Waals surface area contributed by atoms with E-state index in [1.54, 1.807) is 0 Å². The lowest BCUT2D eigenvalue weighted by molar-refractivity contribution is -0.144. The monoisotopic (exact) mass is 246 g/mol. The third kappa shape index (κ3) is 6.91. The van der Waals surface area contributed by atoms with E-state index in [0.717, 1.165) is 0 Å². The Morgan fingerprint density at radius 2 is 1.88 bits per heavy atom. The van der Waals surface area contributed by atoms with Gasteiger partial charge in [0.05, 0.1) is 13.2 Å². The second-order valence-electron chi connectivity index (χ2n) is 4.25. The summed E-state index contributed by atoms with van der Waals surface area (Å²) < 4.78 is 4.56. The highest BCUT2D eigenvalue weighted by Gasteiger charge is 2.20. The summed E-state index contributed by atoms with van der Waals surface area (Å²) in [5.41, 5.74) is 0. The Morgan fingerprint density at radius 1 is 1.29 bits per heavy atom. The molecule has 0 aliphatic rings. The molecule has 0 radical (unpaired) electrons. The summed E-state index contributed by atoms with van der Waals surface area (Å²) in [4.78, 5) is 22.2. The number of carbonyl (C=O) groups is 2. The number of carbonyl (C=O) groups excluding carboxylic acids is 2. The molecule has 2 atom stereocenters. The van der Waals surface area contributed by atoms with Crippen LogP contribution >= 0.6 is 0 Å². The van der Waals surface area contributed by atoms with Crippen LogP contribution in [0, 0.1) is 5.92 Å². The van der Waals surface area contributed by atoms with Gasteiger partial charge < -0.3 is 20.5 Å². The van der Waals surface area contributed by atoms with E-state index in [1.807, 2.05) is 13.8 Å². The molecule has 6 nitrogen and oxygen atoms in total. The molecule has 17 heavy (non-hydrogen) atoms. The maximum Gasteiger partial charge on any atom is 0.329 e. The van der Waals surface area contributed by atoms with Gasteiger partial charge in [-0.05, 0) is 5.92 Å². The molecule has 0 aliphatic heterocycles. The quantitative estimate of drug-likeness (QED) is 0.516. The van der Waals surface area contributed by atoms with Gasteiger partial charge in [-0.3, -0.25) is 4.79 Å². The molecule has 2 unspecified atom stereocenters. The van der Waals surface area contributed by atoms with Crippen LogP contribution in [0.5, 0.6) is 0 Å². The van der Waals surface area contributed by atoms with Crippen molar-refractivity contribution in [2.24, 2.45) is 5.92 Å². The van der Waals surface area contributed by atoms with Gasteiger partial charge in [0, 0.05) is 20.0 Å². The second kappa shape index (κ2) is 8.03. The maximum absolute atomic E-state index is 11.3. The Bertz CT molecular complexity index is 256. The van der Waals surface area contributed by atoms with Crippen molar-refractivity contribution in [3.8, 4) is 0 Å². The van der Waals surface area contributed by atoms with E-state index >= 15 is 0 Å². The molecule has 0 fully saturated rings. The predicted octanol–water partition coefficient (Wildman–Crippen LogP) is -0.729. The molecule has 0 heterocycles. The van der Waals surface area contributed by atoms with Crippen LogP contribution in [0.4, 0.5) is 0 Å². The van der Waals surface area contributed by atoms with Gasteiger partial charge in [0.25, 0.3) is 0 Å². The highest BCUT2D eigenvalue weighted by atomic mass is 16.5. The molecule has 6 heteroatoms. The van der Waals surface area contributed by atoms with Gasteiger partial charge >= 0.3 is 5.97 Å². The highest BCUT2D eigenvalue weighted by molar-refractivity contribution is 5.83. The fraction of sp³-hybridized carbons (Fsp3) is 0.818. The Hall–Kier alpha value is -1.14. The Balaban J connectivity index is 4.08. The van der Waals surface area contributed by atoms with E-state index in [9.17, 15) is 14.7 Å². The number of amides is 1. The minimum atomic E-state index is -0.725. The van der Waals surface area contributed by atoms with Crippen LogP contribution in [0.3, 0.4) is 0 Å². The lowest BCUT2D eigenvalue weighted by Crippen LogP contribution is -2.48. The highest BCUT2D eigenvalue weighted by Crippen LogP contribution is 1.98. The first-order valence-corrected chi connectivity index (χ1v) is 5.62. The number of aliphatic hydroxyl groups is 1. The van der Waals surface area contributed by atoms with Crippen LogP contribution in [-0.2, 0) is 14.3 Å². The number of nitrogens with one attached hydrogen (secondary N) is 2. The molecule has 1 amide bonds. The number of methoxy groups -OCH3 is 1. The summed E-state index contributed by atoms with van der Waals surface area (Å²) in [6.07, 6.45) is -0.481. The number of rotatable bonds is 7. The Kier molecular flexibility index (Phi) is 7.49. The van der Waals surface area contributed by atoms with Crippen molar-refractivity contribution < 1.29 is 19.4 Å². The summed E-state index contributed by atoms with van der Waals surface area (Å²) in [5.74, 6) is -0.668. The summed E-state index contributed by atoms with van der Waals surface area (Å²) >= 11 is 0. The summed E-state index contributed by atoms with van der Waals surface area (Å²) in [5, 5.41) is 14.9. The summed E-state index contributed by atoms with van der Waals surface area (Å²) in [6, 6.07) is -0.725. The maximum atomic E-state index is 11.3. The first kappa shape index (κ1) is 15.9. The third-order valence-electron chi connectivity index (χ3n) is 2.33. The smallest absolute Gasteiger partial charge is 0.329 e. The van der Waals surface area contributed by atoms with E-state index in [4.69, 9.17) is 0 Å². The van der Waals surface area contributed by atoms with Gasteiger partial charge in [0.1, 0.15) is 6.04 Å². The number of esters is 1. The third-order valence-corrected chi connectivity index (χ3v) is 2.33. The van der Waals surface area contributed by atoms with Crippen molar-refractivity contribution in [2.75, 3.05) is 20.2 Å². The summed E-state index contributed by atoms with van der Waals surface area (Å²) in [7, 11) is 1.26. The average molecular weight is 246 g/mol. The topological polar surface area (TPSA) is 87.7 Å². The molecule has 0 aliphatic carbocycles. The van der Waals surface area contributed by atoms with Gasteiger partial charge in [-0.25, -0.2) is 4.79 Å². The average Bonchev–Trinajstić information content (AvgIpc) is 2.25. The molecular formula is C11H22N2O4. The van der Waals surface area contributed by atoms with Gasteiger partial charge in [-0.2, -0.15) is 0 Å². The van der Waals surface area contributed by atoms with Crippen LogP contribution in [0.1, 0.15) is 20.8 Å². The number of ether oxygens (including phenoxy) is 1. The van der Waals surface area contributed by atoms with Crippen molar-refractivity contribution in [1.29, 1.82) is 0 Å². The predicted molar refractivity (Wildman–Crippen MR) is 63.3 cm³/mol. The molecular weight excluding hydrogens is 224 g/mol. The lowest BCUT2D eigenvalue weighted by Gasteiger charge is -2.19. The molecule has 0 aromatic heterocycles. The van der Waals surface area contributed by atoms with E-state index in [1.165, 1.54) is 14.0 Å². The van der Waals surface area contributed by atoms with E-state index in [0.29, 0.717) is 6.54 Å². The Labute approximate surface area is 102 Å². The van der Waals surface area contributed by atoms with Crippen molar-refractivity contribution in [1.82, 2.24) is 10.6 Å². The lowest BCUT2D eigenvalue weighted by atomic mass is 10.1. The molecule has 0 saturated heterocycles. The van der Waals surface area contributed by atoms with Gasteiger partial charge in [0.2, 0.25) is 5.91 Å². The molecule has 0 aromatic carbocycles. The first-order chi connectivity index (χ1) is 7.88. The molecule has 100 valence electrons. The first-order valence-electron chi connectivity index (χ1n) is 5.62.